The van der Waals surface area contributed by atoms with E-state index in [1.807, 2.05) is 24.3 Å². The van der Waals surface area contributed by atoms with Crippen LogP contribution in [0.5, 0.6) is 0 Å². The predicted molar refractivity (Wildman–Crippen MR) is 102 cm³/mol. The summed E-state index contributed by atoms with van der Waals surface area (Å²) in [7, 11) is 0. The summed E-state index contributed by atoms with van der Waals surface area (Å²) in [6.07, 6.45) is -1.08. The third-order valence-electron chi connectivity index (χ3n) is 4.58. The lowest BCUT2D eigenvalue weighted by atomic mass is 10.1. The maximum atomic E-state index is 12.3. The number of aromatic nitrogens is 3. The van der Waals surface area contributed by atoms with Gasteiger partial charge >= 0.3 is 5.69 Å². The van der Waals surface area contributed by atoms with Gasteiger partial charge in [0.05, 0.1) is 18.3 Å². The van der Waals surface area contributed by atoms with Crippen LogP contribution >= 0.6 is 15.9 Å². The van der Waals surface area contributed by atoms with Gasteiger partial charge in [-0.05, 0) is 12.1 Å². The summed E-state index contributed by atoms with van der Waals surface area (Å²) < 4.78 is 12.9. The van der Waals surface area contributed by atoms with E-state index in [4.69, 9.17) is 9.26 Å². The number of hydrogen-bond acceptors (Lipinski definition) is 7. The zero-order valence-electron chi connectivity index (χ0n) is 14.4. The number of nitrogens with one attached hydrogen (secondary N) is 1. The normalized spacial score (nSPS) is 21.9. The molecule has 1 aliphatic rings. The van der Waals surface area contributed by atoms with E-state index >= 15 is 0 Å². The smallest absolute Gasteiger partial charge is 0.330 e. The van der Waals surface area contributed by atoms with Crippen molar-refractivity contribution in [3.63, 3.8) is 0 Å². The highest BCUT2D eigenvalue weighted by atomic mass is 79.9. The fourth-order valence-corrected chi connectivity index (χ4v) is 3.35. The van der Waals surface area contributed by atoms with Gasteiger partial charge in [0.2, 0.25) is 0 Å². The van der Waals surface area contributed by atoms with Gasteiger partial charge in [-0.2, -0.15) is 0 Å². The fourth-order valence-electron chi connectivity index (χ4n) is 3.08. The van der Waals surface area contributed by atoms with Crippen LogP contribution in [0.4, 0.5) is 0 Å². The monoisotopic (exact) mass is 449 g/mol. The van der Waals surface area contributed by atoms with Gasteiger partial charge in [0.1, 0.15) is 18.0 Å². The number of halogens is 1. The Hall–Kier alpha value is -2.53. The van der Waals surface area contributed by atoms with E-state index in [1.54, 1.807) is 6.07 Å². The lowest BCUT2D eigenvalue weighted by Gasteiger charge is -2.14. The van der Waals surface area contributed by atoms with Crippen LogP contribution in [-0.2, 0) is 4.74 Å². The second kappa shape index (κ2) is 7.47. The minimum absolute atomic E-state index is 0.111. The van der Waals surface area contributed by atoms with Crippen LogP contribution in [0.1, 0.15) is 12.6 Å². The summed E-state index contributed by atoms with van der Waals surface area (Å²) in [5.41, 5.74) is -0.141. The van der Waals surface area contributed by atoms with Gasteiger partial charge in [0.15, 0.2) is 5.76 Å². The summed E-state index contributed by atoms with van der Waals surface area (Å²) in [4.78, 5) is 26.7. The molecule has 9 nitrogen and oxygen atoms in total. The highest BCUT2D eigenvalue weighted by molar-refractivity contribution is 9.10. The Morgan fingerprint density at radius 2 is 2.04 bits per heavy atom. The van der Waals surface area contributed by atoms with Crippen LogP contribution < -0.4 is 11.2 Å². The number of H-pyrrole nitrogens is 1. The van der Waals surface area contributed by atoms with Crippen molar-refractivity contribution < 1.29 is 19.5 Å². The molecular formula is C18H16BrN3O6. The Kier molecular flexibility index (Phi) is 5.02. The van der Waals surface area contributed by atoms with Crippen LogP contribution in [0.25, 0.3) is 22.6 Å². The minimum Gasteiger partial charge on any atom is -0.394 e. The molecule has 1 aliphatic heterocycles. The Morgan fingerprint density at radius 1 is 1.29 bits per heavy atom. The summed E-state index contributed by atoms with van der Waals surface area (Å²) in [5.74, 6) is 0.465. The molecule has 3 atom stereocenters. The number of aromatic amines is 1. The maximum absolute atomic E-state index is 12.3. The molecule has 0 radical (unpaired) electrons. The molecule has 0 bridgehead atoms. The molecule has 0 aliphatic carbocycles. The van der Waals surface area contributed by atoms with Crippen LogP contribution in [0.2, 0.25) is 0 Å². The highest BCUT2D eigenvalue weighted by Crippen LogP contribution is 2.29. The molecule has 10 heteroatoms. The summed E-state index contributed by atoms with van der Waals surface area (Å²) in [6, 6.07) is 8.98. The molecular weight excluding hydrogens is 434 g/mol. The first-order chi connectivity index (χ1) is 13.5. The maximum Gasteiger partial charge on any atom is 0.330 e. The van der Waals surface area contributed by atoms with Gasteiger partial charge < -0.3 is 19.5 Å². The largest absolute Gasteiger partial charge is 0.394 e. The Morgan fingerprint density at radius 3 is 2.71 bits per heavy atom. The molecule has 1 aromatic carbocycles. The van der Waals surface area contributed by atoms with Gasteiger partial charge in [0.25, 0.3) is 5.56 Å². The first kappa shape index (κ1) is 18.8. The first-order valence-electron chi connectivity index (χ1n) is 8.49. The van der Waals surface area contributed by atoms with Gasteiger partial charge in [-0.3, -0.25) is 14.3 Å². The van der Waals surface area contributed by atoms with E-state index in [1.165, 1.54) is 10.8 Å². The van der Waals surface area contributed by atoms with Crippen molar-refractivity contribution in [1.29, 1.82) is 0 Å². The van der Waals surface area contributed by atoms with Crippen molar-refractivity contribution in [2.24, 2.45) is 0 Å². The number of rotatable bonds is 4. The average Bonchev–Trinajstić information content (AvgIpc) is 3.29. The molecule has 2 aromatic heterocycles. The van der Waals surface area contributed by atoms with Gasteiger partial charge in [-0.15, -0.1) is 0 Å². The summed E-state index contributed by atoms with van der Waals surface area (Å²) in [6.45, 7) is -0.373. The van der Waals surface area contributed by atoms with Crippen LogP contribution in [0.3, 0.4) is 0 Å². The molecule has 1 fully saturated rings. The van der Waals surface area contributed by atoms with Crippen molar-refractivity contribution >= 4 is 15.9 Å². The molecule has 0 spiro atoms. The molecule has 0 saturated carbocycles. The molecule has 0 unspecified atom stereocenters. The van der Waals surface area contributed by atoms with Crippen molar-refractivity contribution in [2.75, 3.05) is 6.61 Å². The summed E-state index contributed by atoms with van der Waals surface area (Å²) >= 11 is 3.36. The summed E-state index contributed by atoms with van der Waals surface area (Å²) in [5, 5.41) is 23.1. The van der Waals surface area contributed by atoms with E-state index in [2.05, 4.69) is 26.1 Å². The van der Waals surface area contributed by atoms with Crippen molar-refractivity contribution in [3.8, 4) is 22.6 Å². The van der Waals surface area contributed by atoms with Crippen molar-refractivity contribution in [1.82, 2.24) is 14.7 Å². The molecule has 146 valence electrons. The number of aliphatic hydroxyl groups excluding tert-OH is 2. The lowest BCUT2D eigenvalue weighted by molar-refractivity contribution is -0.0458. The number of hydrogen-bond donors (Lipinski definition) is 3. The quantitative estimate of drug-likeness (QED) is 0.546. The molecule has 4 rings (SSSR count). The Bertz CT molecular complexity index is 1100. The fraction of sp³-hybridized carbons (Fsp3) is 0.278. The molecule has 1 saturated heterocycles. The van der Waals surface area contributed by atoms with Gasteiger partial charge in [0, 0.05) is 28.7 Å². The Balaban J connectivity index is 1.70. The van der Waals surface area contributed by atoms with Gasteiger partial charge in [-0.25, -0.2) is 4.79 Å². The van der Waals surface area contributed by atoms with E-state index < -0.39 is 29.7 Å². The first-order valence-corrected chi connectivity index (χ1v) is 9.28. The molecule has 3 aromatic rings. The molecule has 3 heterocycles. The topological polar surface area (TPSA) is 131 Å². The van der Waals surface area contributed by atoms with Crippen LogP contribution in [0, 0.1) is 0 Å². The van der Waals surface area contributed by atoms with E-state index in [9.17, 15) is 19.8 Å². The second-order valence-corrected chi connectivity index (χ2v) is 7.32. The number of ether oxygens (including phenoxy) is 1. The lowest BCUT2D eigenvalue weighted by Crippen LogP contribution is -2.33. The molecule has 28 heavy (non-hydrogen) atoms. The van der Waals surface area contributed by atoms with E-state index in [0.29, 0.717) is 5.76 Å². The number of aliphatic hydroxyl groups is 2. The third-order valence-corrected chi connectivity index (χ3v) is 5.11. The molecule has 0 amide bonds. The average molecular weight is 450 g/mol. The predicted octanol–water partition coefficient (Wildman–Crippen LogP) is 1.26. The van der Waals surface area contributed by atoms with Crippen LogP contribution in [0.15, 0.2) is 55.1 Å². The van der Waals surface area contributed by atoms with Crippen LogP contribution in [-0.4, -0.2) is 43.7 Å². The minimum atomic E-state index is -0.909. The van der Waals surface area contributed by atoms with Crippen molar-refractivity contribution in [3.05, 3.63) is 61.8 Å². The molecule has 3 N–H and O–H groups in total. The van der Waals surface area contributed by atoms with E-state index in [-0.39, 0.29) is 24.3 Å². The van der Waals surface area contributed by atoms with E-state index in [0.717, 1.165) is 10.0 Å². The standard InChI is InChI=1S/C18H16BrN3O6/c19-10-3-1-9(2-4-10)14-5-12(21-28-14)11-7-22(18(26)20-17(11)25)16-6-13(24)15(8-23)27-16/h1-5,7,13,15-16,23-24H,6,8H2,(H,20,25,26)/t13-,15+,16+/m0/s1. The highest BCUT2D eigenvalue weighted by Gasteiger charge is 2.35. The number of benzene rings is 1. The van der Waals surface area contributed by atoms with Crippen molar-refractivity contribution in [2.45, 2.75) is 24.9 Å². The SMILES string of the molecule is O=c1[nH]c(=O)n([C@H]2C[C@H](O)[C@@H](CO)O2)cc1-c1cc(-c2ccc(Br)cc2)on1. The second-order valence-electron chi connectivity index (χ2n) is 6.41. The Labute approximate surface area is 166 Å². The number of nitrogens with zero attached hydrogens (tertiary/aromatic N) is 2. The zero-order chi connectivity index (χ0) is 19.8. The zero-order valence-corrected chi connectivity index (χ0v) is 16.0. The van der Waals surface area contributed by atoms with Gasteiger partial charge in [-0.1, -0.05) is 33.2 Å². The third kappa shape index (κ3) is 3.47.